The predicted molar refractivity (Wildman–Crippen MR) is 75.2 cm³/mol. The molecule has 0 radical (unpaired) electrons. The van der Waals surface area contributed by atoms with Gasteiger partial charge in [0.2, 0.25) is 0 Å². The largest absolute Gasteiger partial charge is 0.295 e. The first-order valence-corrected chi connectivity index (χ1v) is 6.45. The van der Waals surface area contributed by atoms with Crippen LogP contribution in [0, 0.1) is 0 Å². The zero-order chi connectivity index (χ0) is 12.8. The van der Waals surface area contributed by atoms with Gasteiger partial charge in [0, 0.05) is 25.0 Å². The van der Waals surface area contributed by atoms with Crippen molar-refractivity contribution in [2.24, 2.45) is 0 Å². The normalized spacial score (nSPS) is 12.6. The average Bonchev–Trinajstić information content (AvgIpc) is 2.42. The lowest BCUT2D eigenvalue weighted by Crippen LogP contribution is -2.23. The first-order valence-electron chi connectivity index (χ1n) is 6.45. The molecule has 94 valence electrons. The van der Waals surface area contributed by atoms with Gasteiger partial charge in [-0.3, -0.25) is 9.88 Å². The van der Waals surface area contributed by atoms with E-state index in [9.17, 15) is 0 Å². The Hall–Kier alpha value is -1.67. The Balaban J connectivity index is 2.09. The molecule has 1 atom stereocenters. The molecular formula is C16H20N2. The van der Waals surface area contributed by atoms with E-state index in [1.165, 1.54) is 11.1 Å². The summed E-state index contributed by atoms with van der Waals surface area (Å²) in [6.45, 7) is 3.19. The minimum atomic E-state index is 0.430. The Morgan fingerprint density at radius 2 is 1.89 bits per heavy atom. The molecule has 2 aromatic rings. The highest BCUT2D eigenvalue weighted by Crippen LogP contribution is 2.23. The van der Waals surface area contributed by atoms with Gasteiger partial charge in [0.25, 0.3) is 0 Å². The second-order valence-electron chi connectivity index (χ2n) is 4.61. The molecule has 1 aromatic carbocycles. The quantitative estimate of drug-likeness (QED) is 0.792. The van der Waals surface area contributed by atoms with Gasteiger partial charge in [-0.05, 0) is 30.7 Å². The van der Waals surface area contributed by atoms with E-state index in [0.29, 0.717) is 6.04 Å². The number of pyridine rings is 1. The van der Waals surface area contributed by atoms with E-state index in [2.05, 4.69) is 60.3 Å². The highest BCUT2D eigenvalue weighted by atomic mass is 15.1. The third kappa shape index (κ3) is 3.17. The molecule has 0 saturated carbocycles. The molecule has 0 spiro atoms. The molecule has 0 unspecified atom stereocenters. The number of hydrogen-bond acceptors (Lipinski definition) is 2. The third-order valence-electron chi connectivity index (χ3n) is 3.26. The summed E-state index contributed by atoms with van der Waals surface area (Å²) in [6.07, 6.45) is 4.89. The molecule has 2 nitrogen and oxygen atoms in total. The van der Waals surface area contributed by atoms with Gasteiger partial charge in [0.1, 0.15) is 0 Å². The second-order valence-corrected chi connectivity index (χ2v) is 4.61. The highest BCUT2D eigenvalue weighted by Gasteiger charge is 2.14. The fourth-order valence-corrected chi connectivity index (χ4v) is 2.36. The Morgan fingerprint density at radius 1 is 1.11 bits per heavy atom. The smallest absolute Gasteiger partial charge is 0.0361 e. The lowest BCUT2D eigenvalue weighted by atomic mass is 10.0. The topological polar surface area (TPSA) is 16.1 Å². The van der Waals surface area contributed by atoms with Crippen LogP contribution in [0.4, 0.5) is 0 Å². The molecule has 0 aliphatic rings. The number of hydrogen-bond donors (Lipinski definition) is 0. The van der Waals surface area contributed by atoms with Crippen molar-refractivity contribution >= 4 is 0 Å². The highest BCUT2D eigenvalue weighted by molar-refractivity contribution is 5.17. The van der Waals surface area contributed by atoms with Crippen molar-refractivity contribution in [3.63, 3.8) is 0 Å². The Kier molecular flexibility index (Phi) is 4.48. The minimum absolute atomic E-state index is 0.430. The standard InChI is InChI=1S/C16H20N2/c1-3-16(15-10-7-11-17-12-15)18(2)13-14-8-5-4-6-9-14/h4-12,16H,3,13H2,1-2H3/t16-/m0/s1. The minimum Gasteiger partial charge on any atom is -0.295 e. The van der Waals surface area contributed by atoms with Crippen molar-refractivity contribution < 1.29 is 0 Å². The summed E-state index contributed by atoms with van der Waals surface area (Å²) in [5.41, 5.74) is 2.64. The number of nitrogens with zero attached hydrogens (tertiary/aromatic N) is 2. The molecule has 0 saturated heterocycles. The summed E-state index contributed by atoms with van der Waals surface area (Å²) >= 11 is 0. The summed E-state index contributed by atoms with van der Waals surface area (Å²) < 4.78 is 0. The van der Waals surface area contributed by atoms with Crippen molar-refractivity contribution in [2.45, 2.75) is 25.9 Å². The van der Waals surface area contributed by atoms with E-state index in [-0.39, 0.29) is 0 Å². The van der Waals surface area contributed by atoms with Gasteiger partial charge < -0.3 is 0 Å². The Morgan fingerprint density at radius 3 is 2.50 bits per heavy atom. The predicted octanol–water partition coefficient (Wildman–Crippen LogP) is 3.66. The van der Waals surface area contributed by atoms with Crippen LogP contribution in [0.15, 0.2) is 54.9 Å². The lowest BCUT2D eigenvalue weighted by molar-refractivity contribution is 0.230. The maximum atomic E-state index is 4.22. The SMILES string of the molecule is CC[C@@H](c1cccnc1)N(C)Cc1ccccc1. The molecule has 18 heavy (non-hydrogen) atoms. The fraction of sp³-hybridized carbons (Fsp3) is 0.312. The first kappa shape index (κ1) is 12.8. The molecule has 1 aromatic heterocycles. The van der Waals surface area contributed by atoms with Gasteiger partial charge in [0.15, 0.2) is 0 Å². The van der Waals surface area contributed by atoms with E-state index in [1.807, 2.05) is 18.5 Å². The van der Waals surface area contributed by atoms with Crippen LogP contribution < -0.4 is 0 Å². The molecule has 0 amide bonds. The molecular weight excluding hydrogens is 220 g/mol. The van der Waals surface area contributed by atoms with Crippen molar-refractivity contribution in [1.29, 1.82) is 0 Å². The van der Waals surface area contributed by atoms with Crippen LogP contribution in [0.5, 0.6) is 0 Å². The average molecular weight is 240 g/mol. The second kappa shape index (κ2) is 6.31. The summed E-state index contributed by atoms with van der Waals surface area (Å²) in [6, 6.07) is 15.2. The van der Waals surface area contributed by atoms with Crippen LogP contribution in [0.1, 0.15) is 30.5 Å². The van der Waals surface area contributed by atoms with Crippen LogP contribution in [0.2, 0.25) is 0 Å². The third-order valence-corrected chi connectivity index (χ3v) is 3.26. The van der Waals surface area contributed by atoms with Gasteiger partial charge in [-0.15, -0.1) is 0 Å². The molecule has 0 aliphatic carbocycles. The van der Waals surface area contributed by atoms with Crippen molar-refractivity contribution in [3.8, 4) is 0 Å². The van der Waals surface area contributed by atoms with Gasteiger partial charge in [0.05, 0.1) is 0 Å². The van der Waals surface area contributed by atoms with Gasteiger partial charge >= 0.3 is 0 Å². The van der Waals surface area contributed by atoms with Crippen LogP contribution >= 0.6 is 0 Å². The van der Waals surface area contributed by atoms with E-state index in [1.54, 1.807) is 0 Å². The number of aromatic nitrogens is 1. The summed E-state index contributed by atoms with van der Waals surface area (Å²) in [4.78, 5) is 6.60. The van der Waals surface area contributed by atoms with Crippen LogP contribution in [0.3, 0.4) is 0 Å². The monoisotopic (exact) mass is 240 g/mol. The molecule has 0 bridgehead atoms. The molecule has 2 rings (SSSR count). The molecule has 0 fully saturated rings. The Bertz CT molecular complexity index is 453. The van der Waals surface area contributed by atoms with Crippen LogP contribution in [0.25, 0.3) is 0 Å². The van der Waals surface area contributed by atoms with E-state index >= 15 is 0 Å². The van der Waals surface area contributed by atoms with Gasteiger partial charge in [-0.2, -0.15) is 0 Å². The zero-order valence-electron chi connectivity index (χ0n) is 11.1. The molecule has 0 N–H and O–H groups in total. The first-order chi connectivity index (χ1) is 8.81. The fourth-order valence-electron chi connectivity index (χ4n) is 2.36. The van der Waals surface area contributed by atoms with Crippen LogP contribution in [-0.2, 0) is 6.54 Å². The van der Waals surface area contributed by atoms with Crippen molar-refractivity contribution in [1.82, 2.24) is 9.88 Å². The maximum Gasteiger partial charge on any atom is 0.0361 e. The molecule has 1 heterocycles. The maximum absolute atomic E-state index is 4.22. The van der Waals surface area contributed by atoms with Gasteiger partial charge in [-0.1, -0.05) is 43.3 Å². The van der Waals surface area contributed by atoms with Gasteiger partial charge in [-0.25, -0.2) is 0 Å². The van der Waals surface area contributed by atoms with E-state index in [4.69, 9.17) is 0 Å². The van der Waals surface area contributed by atoms with Crippen LogP contribution in [-0.4, -0.2) is 16.9 Å². The number of benzene rings is 1. The summed E-state index contributed by atoms with van der Waals surface area (Å²) in [7, 11) is 2.17. The van der Waals surface area contributed by atoms with Crippen molar-refractivity contribution in [3.05, 3.63) is 66.0 Å². The van der Waals surface area contributed by atoms with E-state index in [0.717, 1.165) is 13.0 Å². The summed E-state index contributed by atoms with van der Waals surface area (Å²) in [5, 5.41) is 0. The van der Waals surface area contributed by atoms with E-state index < -0.39 is 0 Å². The number of rotatable bonds is 5. The summed E-state index contributed by atoms with van der Waals surface area (Å²) in [5.74, 6) is 0. The van der Waals surface area contributed by atoms with Crippen molar-refractivity contribution in [2.75, 3.05) is 7.05 Å². The lowest BCUT2D eigenvalue weighted by Gasteiger charge is -2.27. The Labute approximate surface area is 109 Å². The zero-order valence-corrected chi connectivity index (χ0v) is 11.1. The molecule has 2 heteroatoms. The molecule has 0 aliphatic heterocycles.